The van der Waals surface area contributed by atoms with E-state index in [9.17, 15) is 14.4 Å². The maximum absolute atomic E-state index is 11.6. The molecule has 0 spiro atoms. The van der Waals surface area contributed by atoms with E-state index in [1.54, 1.807) is 11.3 Å². The van der Waals surface area contributed by atoms with Crippen molar-refractivity contribution in [2.24, 2.45) is 0 Å². The molecule has 0 saturated carbocycles. The van der Waals surface area contributed by atoms with Gasteiger partial charge in [-0.15, -0.1) is 11.3 Å². The molecule has 1 aromatic rings. The van der Waals surface area contributed by atoms with E-state index < -0.39 is 6.03 Å². The topological polar surface area (TPSA) is 78.5 Å². The van der Waals surface area contributed by atoms with E-state index in [0.29, 0.717) is 19.4 Å². The molecule has 0 atom stereocenters. The van der Waals surface area contributed by atoms with E-state index in [4.69, 9.17) is 0 Å². The predicted octanol–water partition coefficient (Wildman–Crippen LogP) is 0.349. The second-order valence-electron chi connectivity index (χ2n) is 4.13. The van der Waals surface area contributed by atoms with Gasteiger partial charge < -0.3 is 10.6 Å². The predicted molar refractivity (Wildman–Crippen MR) is 70.8 cm³/mol. The molecule has 102 valence electrons. The van der Waals surface area contributed by atoms with Crippen LogP contribution in [0, 0.1) is 0 Å². The number of hydrogen-bond acceptors (Lipinski definition) is 4. The second kappa shape index (κ2) is 6.33. The molecule has 2 N–H and O–H groups in total. The Balaban J connectivity index is 1.64. The van der Waals surface area contributed by atoms with Crippen molar-refractivity contribution in [3.8, 4) is 0 Å². The third-order valence-electron chi connectivity index (χ3n) is 2.77. The van der Waals surface area contributed by atoms with Gasteiger partial charge in [0.05, 0.1) is 6.54 Å². The van der Waals surface area contributed by atoms with Crippen LogP contribution in [0.15, 0.2) is 17.5 Å². The van der Waals surface area contributed by atoms with E-state index in [0.717, 1.165) is 4.90 Å². The van der Waals surface area contributed by atoms with Crippen molar-refractivity contribution in [2.75, 3.05) is 19.6 Å². The molecule has 0 bridgehead atoms. The molecule has 0 unspecified atom stereocenters. The lowest BCUT2D eigenvalue weighted by Crippen LogP contribution is -2.38. The van der Waals surface area contributed by atoms with Crippen molar-refractivity contribution in [2.45, 2.75) is 12.8 Å². The molecule has 2 heterocycles. The van der Waals surface area contributed by atoms with E-state index in [1.165, 1.54) is 4.88 Å². The summed E-state index contributed by atoms with van der Waals surface area (Å²) >= 11 is 1.62. The number of carbonyl (C=O) groups excluding carboxylic acids is 3. The first-order chi connectivity index (χ1) is 9.16. The fourth-order valence-electron chi connectivity index (χ4n) is 1.77. The Morgan fingerprint density at radius 3 is 2.95 bits per heavy atom. The maximum Gasteiger partial charge on any atom is 0.324 e. The van der Waals surface area contributed by atoms with Gasteiger partial charge in [-0.1, -0.05) is 6.07 Å². The maximum atomic E-state index is 11.6. The molecule has 1 fully saturated rings. The fraction of sp³-hybridized carbons (Fsp3) is 0.417. The van der Waals surface area contributed by atoms with Crippen LogP contribution in [0.5, 0.6) is 0 Å². The smallest absolute Gasteiger partial charge is 0.324 e. The lowest BCUT2D eigenvalue weighted by Gasteiger charge is -2.12. The minimum absolute atomic E-state index is 0.0468. The van der Waals surface area contributed by atoms with Gasteiger partial charge in [0.15, 0.2) is 0 Å². The number of carbonyl (C=O) groups is 3. The Morgan fingerprint density at radius 2 is 2.32 bits per heavy atom. The average Bonchev–Trinajstić information content (AvgIpc) is 3.00. The van der Waals surface area contributed by atoms with Crippen LogP contribution >= 0.6 is 11.3 Å². The lowest BCUT2D eigenvalue weighted by molar-refractivity contribution is -0.126. The van der Waals surface area contributed by atoms with E-state index >= 15 is 0 Å². The summed E-state index contributed by atoms with van der Waals surface area (Å²) in [5.74, 6) is -0.321. The zero-order chi connectivity index (χ0) is 13.7. The summed E-state index contributed by atoms with van der Waals surface area (Å²) in [5.41, 5.74) is 0. The molecular weight excluding hydrogens is 266 g/mol. The van der Waals surface area contributed by atoms with Crippen molar-refractivity contribution in [1.29, 1.82) is 0 Å². The van der Waals surface area contributed by atoms with Gasteiger partial charge >= 0.3 is 6.03 Å². The molecule has 4 amide bonds. The number of hydrogen-bond donors (Lipinski definition) is 2. The van der Waals surface area contributed by atoms with Crippen LogP contribution < -0.4 is 10.6 Å². The third kappa shape index (κ3) is 3.78. The van der Waals surface area contributed by atoms with Gasteiger partial charge in [-0.3, -0.25) is 14.5 Å². The Morgan fingerprint density at radius 1 is 1.47 bits per heavy atom. The number of thiophene rings is 1. The number of urea groups is 1. The number of rotatable bonds is 6. The molecule has 1 aromatic heterocycles. The van der Waals surface area contributed by atoms with Crippen molar-refractivity contribution in [3.63, 3.8) is 0 Å². The molecule has 0 aromatic carbocycles. The molecule has 0 aliphatic carbocycles. The van der Waals surface area contributed by atoms with Gasteiger partial charge in [0.1, 0.15) is 0 Å². The highest BCUT2D eigenvalue weighted by Crippen LogP contribution is 2.10. The molecule has 7 heteroatoms. The largest absolute Gasteiger partial charge is 0.354 e. The molecule has 1 aliphatic heterocycles. The minimum atomic E-state index is -0.391. The molecule has 2 rings (SSSR count). The van der Waals surface area contributed by atoms with Gasteiger partial charge in [0.2, 0.25) is 11.8 Å². The average molecular weight is 281 g/mol. The minimum Gasteiger partial charge on any atom is -0.354 e. The van der Waals surface area contributed by atoms with Crippen molar-refractivity contribution >= 4 is 29.2 Å². The van der Waals surface area contributed by atoms with Gasteiger partial charge in [0.25, 0.3) is 0 Å². The first-order valence-corrected chi connectivity index (χ1v) is 6.92. The summed E-state index contributed by atoms with van der Waals surface area (Å²) < 4.78 is 0. The number of amides is 4. The summed E-state index contributed by atoms with van der Waals surface area (Å²) in [4.78, 5) is 36.3. The number of imide groups is 1. The summed E-state index contributed by atoms with van der Waals surface area (Å²) in [6, 6.07) is 3.55. The normalized spacial score (nSPS) is 14.6. The molecule has 19 heavy (non-hydrogen) atoms. The standard InChI is InChI=1S/C12H15N3O3S/c16-10(4-3-9-2-1-7-19-9)13-5-6-15-11(17)8-14-12(15)18/h1-2,7H,3-6,8H2,(H,13,16)(H,14,18). The van der Waals surface area contributed by atoms with Crippen LogP contribution in [-0.4, -0.2) is 42.4 Å². The lowest BCUT2D eigenvalue weighted by atomic mass is 10.2. The number of nitrogens with one attached hydrogen (secondary N) is 2. The Hall–Kier alpha value is -1.89. The van der Waals surface area contributed by atoms with Gasteiger partial charge in [-0.05, 0) is 17.9 Å². The van der Waals surface area contributed by atoms with Crippen LogP contribution in [0.2, 0.25) is 0 Å². The molecule has 1 saturated heterocycles. The number of nitrogens with zero attached hydrogens (tertiary/aromatic N) is 1. The Kier molecular flexibility index (Phi) is 4.51. The highest BCUT2D eigenvalue weighted by molar-refractivity contribution is 7.09. The Labute approximate surface area is 114 Å². The van der Waals surface area contributed by atoms with Crippen LogP contribution in [0.1, 0.15) is 11.3 Å². The third-order valence-corrected chi connectivity index (χ3v) is 3.71. The SMILES string of the molecule is O=C(CCc1cccs1)NCCN1C(=O)CNC1=O. The van der Waals surface area contributed by atoms with E-state index in [-0.39, 0.29) is 24.9 Å². The monoisotopic (exact) mass is 281 g/mol. The Bertz CT molecular complexity index is 457. The quantitative estimate of drug-likeness (QED) is 0.738. The highest BCUT2D eigenvalue weighted by Gasteiger charge is 2.27. The van der Waals surface area contributed by atoms with E-state index in [1.807, 2.05) is 17.5 Å². The number of aryl methyl sites for hydroxylation is 1. The summed E-state index contributed by atoms with van der Waals surface area (Å²) in [6.45, 7) is 0.559. The summed E-state index contributed by atoms with van der Waals surface area (Å²) in [7, 11) is 0. The highest BCUT2D eigenvalue weighted by atomic mass is 32.1. The van der Waals surface area contributed by atoms with Crippen LogP contribution in [0.25, 0.3) is 0 Å². The van der Waals surface area contributed by atoms with Crippen molar-refractivity contribution in [1.82, 2.24) is 15.5 Å². The second-order valence-corrected chi connectivity index (χ2v) is 5.17. The zero-order valence-corrected chi connectivity index (χ0v) is 11.2. The summed E-state index contributed by atoms with van der Waals surface area (Å²) in [6.07, 6.45) is 1.13. The molecule has 0 radical (unpaired) electrons. The van der Waals surface area contributed by atoms with Crippen molar-refractivity contribution in [3.05, 3.63) is 22.4 Å². The molecule has 6 nitrogen and oxygen atoms in total. The zero-order valence-electron chi connectivity index (χ0n) is 10.3. The van der Waals surface area contributed by atoms with Gasteiger partial charge in [-0.25, -0.2) is 4.79 Å². The first-order valence-electron chi connectivity index (χ1n) is 6.04. The van der Waals surface area contributed by atoms with Crippen LogP contribution in [0.3, 0.4) is 0 Å². The molecule has 1 aliphatic rings. The van der Waals surface area contributed by atoms with Gasteiger partial charge in [-0.2, -0.15) is 0 Å². The fourth-order valence-corrected chi connectivity index (χ4v) is 2.48. The van der Waals surface area contributed by atoms with Crippen molar-refractivity contribution < 1.29 is 14.4 Å². The van der Waals surface area contributed by atoms with Crippen LogP contribution in [-0.2, 0) is 16.0 Å². The molecular formula is C12H15N3O3S. The van der Waals surface area contributed by atoms with Crippen LogP contribution in [0.4, 0.5) is 4.79 Å². The summed E-state index contributed by atoms with van der Waals surface area (Å²) in [5, 5.41) is 7.11. The van der Waals surface area contributed by atoms with Gasteiger partial charge in [0, 0.05) is 24.4 Å². The first kappa shape index (κ1) is 13.5. The van der Waals surface area contributed by atoms with E-state index in [2.05, 4.69) is 10.6 Å².